The Morgan fingerprint density at radius 1 is 1.30 bits per heavy atom. The normalized spacial score (nSPS) is 21.5. The number of nitrogens with one attached hydrogen (secondary N) is 1. The van der Waals surface area contributed by atoms with Crippen molar-refractivity contribution in [1.29, 1.82) is 0 Å². The fourth-order valence-corrected chi connectivity index (χ4v) is 3.59. The maximum absolute atomic E-state index is 12.2. The van der Waals surface area contributed by atoms with E-state index in [1.54, 1.807) is 0 Å². The zero-order chi connectivity index (χ0) is 15.2. The molecular formula is C11H20ClF3N2O2S. The Labute approximate surface area is 122 Å². The molecule has 0 spiro atoms. The molecule has 20 heavy (non-hydrogen) atoms. The molecule has 120 valence electrons. The van der Waals surface area contributed by atoms with Crippen LogP contribution in [0.3, 0.4) is 0 Å². The van der Waals surface area contributed by atoms with Crippen molar-refractivity contribution >= 4 is 21.6 Å². The molecule has 9 heteroatoms. The molecular weight excluding hydrogens is 317 g/mol. The SMILES string of the molecule is O=S(=O)(CCCCCl)NCC1CCN(CC(F)(F)F)C1. The molecule has 1 atom stereocenters. The van der Waals surface area contributed by atoms with Gasteiger partial charge in [0.25, 0.3) is 0 Å². The van der Waals surface area contributed by atoms with Crippen LogP contribution >= 0.6 is 11.6 Å². The summed E-state index contributed by atoms with van der Waals surface area (Å²) in [5, 5.41) is 0. The Kier molecular flexibility index (Phi) is 7.03. The summed E-state index contributed by atoms with van der Waals surface area (Å²) in [5.41, 5.74) is 0. The predicted molar refractivity (Wildman–Crippen MR) is 72.3 cm³/mol. The van der Waals surface area contributed by atoms with Crippen LogP contribution in [-0.2, 0) is 10.0 Å². The highest BCUT2D eigenvalue weighted by atomic mass is 35.5. The summed E-state index contributed by atoms with van der Waals surface area (Å²) in [7, 11) is -3.34. The molecule has 1 aliphatic rings. The van der Waals surface area contributed by atoms with Crippen molar-refractivity contribution in [3.63, 3.8) is 0 Å². The van der Waals surface area contributed by atoms with Gasteiger partial charge in [-0.05, 0) is 31.7 Å². The first-order valence-electron chi connectivity index (χ1n) is 6.54. The minimum atomic E-state index is -4.20. The number of hydrogen-bond donors (Lipinski definition) is 1. The van der Waals surface area contributed by atoms with Crippen molar-refractivity contribution in [3.8, 4) is 0 Å². The van der Waals surface area contributed by atoms with Crippen LogP contribution in [0.2, 0.25) is 0 Å². The van der Waals surface area contributed by atoms with Gasteiger partial charge in [-0.25, -0.2) is 13.1 Å². The summed E-state index contributed by atoms with van der Waals surface area (Å²) < 4.78 is 62.4. The molecule has 0 aromatic heterocycles. The molecule has 0 bridgehead atoms. The summed E-state index contributed by atoms with van der Waals surface area (Å²) in [6.45, 7) is -0.0780. The van der Waals surface area contributed by atoms with Gasteiger partial charge in [0.05, 0.1) is 12.3 Å². The van der Waals surface area contributed by atoms with E-state index in [0.29, 0.717) is 31.7 Å². The van der Waals surface area contributed by atoms with E-state index in [1.807, 2.05) is 0 Å². The highest BCUT2D eigenvalue weighted by Crippen LogP contribution is 2.22. The van der Waals surface area contributed by atoms with Gasteiger partial charge >= 0.3 is 6.18 Å². The Morgan fingerprint density at radius 3 is 2.60 bits per heavy atom. The third-order valence-corrected chi connectivity index (χ3v) is 4.86. The number of sulfonamides is 1. The molecule has 1 heterocycles. The fraction of sp³-hybridized carbons (Fsp3) is 1.00. The second-order valence-electron chi connectivity index (χ2n) is 5.07. The fourth-order valence-electron chi connectivity index (χ4n) is 2.18. The smallest absolute Gasteiger partial charge is 0.295 e. The number of unbranched alkanes of at least 4 members (excludes halogenated alkanes) is 1. The Balaban J connectivity index is 2.26. The van der Waals surface area contributed by atoms with Crippen LogP contribution in [0, 0.1) is 5.92 Å². The molecule has 0 aliphatic carbocycles. The first-order valence-corrected chi connectivity index (χ1v) is 8.73. The van der Waals surface area contributed by atoms with Crippen molar-refractivity contribution in [3.05, 3.63) is 0 Å². The molecule has 1 N–H and O–H groups in total. The molecule has 0 amide bonds. The molecule has 0 aromatic carbocycles. The van der Waals surface area contributed by atoms with Gasteiger partial charge in [-0.2, -0.15) is 13.2 Å². The number of alkyl halides is 4. The van der Waals surface area contributed by atoms with E-state index in [0.717, 1.165) is 0 Å². The lowest BCUT2D eigenvalue weighted by Crippen LogP contribution is -2.35. The van der Waals surface area contributed by atoms with Crippen LogP contribution in [0.15, 0.2) is 0 Å². The second-order valence-corrected chi connectivity index (χ2v) is 7.37. The number of halogens is 4. The number of rotatable bonds is 8. The van der Waals surface area contributed by atoms with Crippen LogP contribution in [0.4, 0.5) is 13.2 Å². The Morgan fingerprint density at radius 2 is 2.00 bits per heavy atom. The zero-order valence-corrected chi connectivity index (χ0v) is 12.7. The van der Waals surface area contributed by atoms with Crippen LogP contribution < -0.4 is 4.72 Å². The third-order valence-electron chi connectivity index (χ3n) is 3.16. The molecule has 0 aromatic rings. The molecule has 1 saturated heterocycles. The van der Waals surface area contributed by atoms with E-state index in [2.05, 4.69) is 4.72 Å². The van der Waals surface area contributed by atoms with E-state index < -0.39 is 22.7 Å². The number of likely N-dealkylation sites (tertiary alicyclic amines) is 1. The predicted octanol–water partition coefficient (Wildman–Crippen LogP) is 1.81. The highest BCUT2D eigenvalue weighted by Gasteiger charge is 2.34. The maximum atomic E-state index is 12.2. The van der Waals surface area contributed by atoms with Crippen molar-refractivity contribution in [2.75, 3.05) is 37.8 Å². The van der Waals surface area contributed by atoms with Crippen LogP contribution in [0.5, 0.6) is 0 Å². The summed E-state index contributed by atoms with van der Waals surface area (Å²) in [6, 6.07) is 0. The van der Waals surface area contributed by atoms with E-state index in [9.17, 15) is 21.6 Å². The summed E-state index contributed by atoms with van der Waals surface area (Å²) in [6.07, 6.45) is -2.49. The molecule has 1 rings (SSSR count). The van der Waals surface area contributed by atoms with Gasteiger partial charge in [-0.15, -0.1) is 11.6 Å². The van der Waals surface area contributed by atoms with Crippen molar-refractivity contribution in [1.82, 2.24) is 9.62 Å². The minimum Gasteiger partial charge on any atom is -0.295 e. The highest BCUT2D eigenvalue weighted by molar-refractivity contribution is 7.89. The van der Waals surface area contributed by atoms with Crippen molar-refractivity contribution < 1.29 is 21.6 Å². The first-order chi connectivity index (χ1) is 9.22. The van der Waals surface area contributed by atoms with Gasteiger partial charge in [-0.1, -0.05) is 0 Å². The third kappa shape index (κ3) is 7.66. The molecule has 4 nitrogen and oxygen atoms in total. The molecule has 0 radical (unpaired) electrons. The molecule has 1 fully saturated rings. The van der Waals surface area contributed by atoms with Crippen LogP contribution in [-0.4, -0.2) is 57.3 Å². The topological polar surface area (TPSA) is 49.4 Å². The van der Waals surface area contributed by atoms with Crippen LogP contribution in [0.1, 0.15) is 19.3 Å². The van der Waals surface area contributed by atoms with Gasteiger partial charge < -0.3 is 0 Å². The lowest BCUT2D eigenvalue weighted by molar-refractivity contribution is -0.143. The number of nitrogens with zero attached hydrogens (tertiary/aromatic N) is 1. The standard InChI is InChI=1S/C11H20ClF3N2O2S/c12-4-1-2-6-20(18,19)16-7-10-3-5-17(8-10)9-11(13,14)15/h10,16H,1-9H2. The lowest BCUT2D eigenvalue weighted by Gasteiger charge is -2.18. The Hall–Kier alpha value is -0.0500. The average molecular weight is 337 g/mol. The quantitative estimate of drug-likeness (QED) is 0.543. The van der Waals surface area contributed by atoms with E-state index in [1.165, 1.54) is 4.90 Å². The Bertz CT molecular complexity index is 390. The zero-order valence-electron chi connectivity index (χ0n) is 11.1. The molecule has 1 unspecified atom stereocenters. The van der Waals surface area contributed by atoms with E-state index in [-0.39, 0.29) is 24.8 Å². The van der Waals surface area contributed by atoms with Crippen molar-refractivity contribution in [2.45, 2.75) is 25.4 Å². The molecule has 1 aliphatic heterocycles. The number of hydrogen-bond acceptors (Lipinski definition) is 3. The monoisotopic (exact) mass is 336 g/mol. The first kappa shape index (κ1) is 18.0. The van der Waals surface area contributed by atoms with Gasteiger partial charge in [0.2, 0.25) is 10.0 Å². The van der Waals surface area contributed by atoms with Gasteiger partial charge in [-0.3, -0.25) is 4.90 Å². The average Bonchev–Trinajstić information content (AvgIpc) is 2.72. The summed E-state index contributed by atoms with van der Waals surface area (Å²) >= 11 is 5.47. The maximum Gasteiger partial charge on any atom is 0.401 e. The lowest BCUT2D eigenvalue weighted by atomic mass is 10.1. The van der Waals surface area contributed by atoms with Crippen molar-refractivity contribution in [2.24, 2.45) is 5.92 Å². The summed E-state index contributed by atoms with van der Waals surface area (Å²) in [4.78, 5) is 1.31. The van der Waals surface area contributed by atoms with E-state index in [4.69, 9.17) is 11.6 Å². The van der Waals surface area contributed by atoms with Crippen LogP contribution in [0.25, 0.3) is 0 Å². The second kappa shape index (κ2) is 7.82. The van der Waals surface area contributed by atoms with Gasteiger partial charge in [0.1, 0.15) is 0 Å². The summed E-state index contributed by atoms with van der Waals surface area (Å²) in [5.74, 6) is 0.378. The molecule has 0 saturated carbocycles. The van der Waals surface area contributed by atoms with E-state index >= 15 is 0 Å². The van der Waals surface area contributed by atoms with Gasteiger partial charge in [0, 0.05) is 19.0 Å². The largest absolute Gasteiger partial charge is 0.401 e. The minimum absolute atomic E-state index is 0.0126. The van der Waals surface area contributed by atoms with Gasteiger partial charge in [0.15, 0.2) is 0 Å².